The average molecular weight is 351 g/mol. The Kier molecular flexibility index (Phi) is 4.24. The normalized spacial score (nSPS) is 21.9. The van der Waals surface area contributed by atoms with Crippen molar-refractivity contribution >= 4 is 29.4 Å². The van der Waals surface area contributed by atoms with Gasteiger partial charge in [0.25, 0.3) is 0 Å². The van der Waals surface area contributed by atoms with Gasteiger partial charge in [0.1, 0.15) is 11.5 Å². The molecule has 134 valence electrons. The average Bonchev–Trinajstić information content (AvgIpc) is 3.01. The highest BCUT2D eigenvalue weighted by atomic mass is 16.3. The third-order valence-electron chi connectivity index (χ3n) is 4.82. The molecular formula is C20H21N3O3. The Morgan fingerprint density at radius 1 is 1.27 bits per heavy atom. The van der Waals surface area contributed by atoms with Crippen molar-refractivity contribution in [2.45, 2.75) is 19.3 Å². The number of anilines is 2. The topological polar surface area (TPSA) is 74.6 Å². The van der Waals surface area contributed by atoms with Crippen molar-refractivity contribution in [3.8, 4) is 0 Å². The number of carbonyl (C=O) groups is 2. The minimum absolute atomic E-state index is 0.0943. The predicted molar refractivity (Wildman–Crippen MR) is 100 cm³/mol. The second kappa shape index (κ2) is 6.71. The van der Waals surface area contributed by atoms with Crippen LogP contribution in [0.1, 0.15) is 30.8 Å². The van der Waals surface area contributed by atoms with E-state index in [1.807, 2.05) is 24.3 Å². The molecule has 1 saturated carbocycles. The summed E-state index contributed by atoms with van der Waals surface area (Å²) < 4.78 is 5.75. The number of carbonyl (C=O) groups excluding carboxylic acids is 2. The van der Waals surface area contributed by atoms with Crippen molar-refractivity contribution in [2.75, 3.05) is 23.3 Å². The second-order valence-electron chi connectivity index (χ2n) is 6.81. The van der Waals surface area contributed by atoms with Crippen LogP contribution in [0.3, 0.4) is 0 Å². The zero-order valence-corrected chi connectivity index (χ0v) is 14.6. The number of nitrogens with zero attached hydrogens (tertiary/aromatic N) is 1. The van der Waals surface area contributed by atoms with Crippen LogP contribution in [0, 0.1) is 5.92 Å². The molecule has 0 bridgehead atoms. The molecule has 0 spiro atoms. The molecule has 2 heterocycles. The van der Waals surface area contributed by atoms with Crippen LogP contribution in [0.15, 0.2) is 46.9 Å². The number of benzene rings is 1. The SMILES string of the molecule is CC1CC1c1ccc(/C=C/C(=O)Nc2ccc(N3CCNC3=O)cc2)o1. The highest BCUT2D eigenvalue weighted by Crippen LogP contribution is 2.47. The van der Waals surface area contributed by atoms with Gasteiger partial charge < -0.3 is 15.1 Å². The highest BCUT2D eigenvalue weighted by Gasteiger charge is 2.36. The van der Waals surface area contributed by atoms with E-state index in [0.717, 1.165) is 11.4 Å². The van der Waals surface area contributed by atoms with Crippen molar-refractivity contribution in [2.24, 2.45) is 5.92 Å². The van der Waals surface area contributed by atoms with Crippen LogP contribution >= 0.6 is 0 Å². The van der Waals surface area contributed by atoms with Gasteiger partial charge in [-0.1, -0.05) is 6.92 Å². The van der Waals surface area contributed by atoms with Crippen molar-refractivity contribution < 1.29 is 14.0 Å². The Morgan fingerprint density at radius 3 is 2.69 bits per heavy atom. The number of hydrogen-bond acceptors (Lipinski definition) is 3. The Balaban J connectivity index is 1.34. The fraction of sp³-hybridized carbons (Fsp3) is 0.300. The second-order valence-corrected chi connectivity index (χ2v) is 6.81. The number of nitrogens with one attached hydrogen (secondary N) is 2. The molecule has 26 heavy (non-hydrogen) atoms. The van der Waals surface area contributed by atoms with E-state index in [2.05, 4.69) is 17.6 Å². The van der Waals surface area contributed by atoms with Crippen LogP contribution in [0.2, 0.25) is 0 Å². The first-order valence-corrected chi connectivity index (χ1v) is 8.84. The van der Waals surface area contributed by atoms with Gasteiger partial charge in [0.05, 0.1) is 0 Å². The molecule has 0 radical (unpaired) electrons. The minimum atomic E-state index is -0.227. The van der Waals surface area contributed by atoms with Crippen LogP contribution in [0.4, 0.5) is 16.2 Å². The number of urea groups is 1. The quantitative estimate of drug-likeness (QED) is 0.809. The van der Waals surface area contributed by atoms with E-state index < -0.39 is 0 Å². The lowest BCUT2D eigenvalue weighted by Crippen LogP contribution is -2.27. The third kappa shape index (κ3) is 3.49. The molecule has 1 aromatic carbocycles. The molecule has 1 aliphatic carbocycles. The molecule has 2 unspecified atom stereocenters. The molecule has 1 saturated heterocycles. The largest absolute Gasteiger partial charge is 0.461 e. The summed E-state index contributed by atoms with van der Waals surface area (Å²) in [7, 11) is 0. The van der Waals surface area contributed by atoms with Crippen LogP contribution in [0.5, 0.6) is 0 Å². The molecule has 2 aliphatic rings. The zero-order valence-electron chi connectivity index (χ0n) is 14.6. The monoisotopic (exact) mass is 351 g/mol. The van der Waals surface area contributed by atoms with Crippen LogP contribution < -0.4 is 15.5 Å². The number of furan rings is 1. The number of amides is 3. The number of hydrogen-bond donors (Lipinski definition) is 2. The van der Waals surface area contributed by atoms with Crippen molar-refractivity contribution in [1.82, 2.24) is 5.32 Å². The van der Waals surface area contributed by atoms with Gasteiger partial charge in [-0.2, -0.15) is 0 Å². The van der Waals surface area contributed by atoms with E-state index in [1.54, 1.807) is 23.1 Å². The maximum Gasteiger partial charge on any atom is 0.321 e. The third-order valence-corrected chi connectivity index (χ3v) is 4.82. The van der Waals surface area contributed by atoms with Crippen molar-refractivity contribution in [3.05, 3.63) is 54.0 Å². The smallest absolute Gasteiger partial charge is 0.321 e. The summed E-state index contributed by atoms with van der Waals surface area (Å²) in [6.45, 7) is 3.51. The van der Waals surface area contributed by atoms with Gasteiger partial charge in [-0.25, -0.2) is 4.79 Å². The first kappa shape index (κ1) is 16.4. The summed E-state index contributed by atoms with van der Waals surface area (Å²) in [4.78, 5) is 25.4. The fourth-order valence-corrected chi connectivity index (χ4v) is 3.16. The molecule has 6 nitrogen and oxygen atoms in total. The predicted octanol–water partition coefficient (Wildman–Crippen LogP) is 3.58. The van der Waals surface area contributed by atoms with Crippen LogP contribution in [0.25, 0.3) is 6.08 Å². The van der Waals surface area contributed by atoms with Gasteiger partial charge in [-0.15, -0.1) is 0 Å². The van der Waals surface area contributed by atoms with E-state index in [9.17, 15) is 9.59 Å². The lowest BCUT2D eigenvalue weighted by atomic mass is 10.2. The molecule has 3 amide bonds. The standard InChI is InChI=1S/C20H21N3O3/c1-13-12-17(13)18-8-6-16(26-18)7-9-19(24)22-14-2-4-15(5-3-14)23-11-10-21-20(23)25/h2-9,13,17H,10-12H2,1H3,(H,21,25)(H,22,24)/b9-7+. The summed E-state index contributed by atoms with van der Waals surface area (Å²) in [5.41, 5.74) is 1.49. The molecule has 2 atom stereocenters. The summed E-state index contributed by atoms with van der Waals surface area (Å²) in [6.07, 6.45) is 4.31. The van der Waals surface area contributed by atoms with Gasteiger partial charge in [0, 0.05) is 36.5 Å². The first-order valence-electron chi connectivity index (χ1n) is 8.84. The molecule has 2 N–H and O–H groups in total. The Hall–Kier alpha value is -3.02. The zero-order chi connectivity index (χ0) is 18.1. The van der Waals surface area contributed by atoms with E-state index in [-0.39, 0.29) is 11.9 Å². The van der Waals surface area contributed by atoms with Crippen molar-refractivity contribution in [1.29, 1.82) is 0 Å². The maximum atomic E-state index is 12.1. The Labute approximate surface area is 151 Å². The summed E-state index contributed by atoms with van der Waals surface area (Å²) in [5, 5.41) is 5.56. The van der Waals surface area contributed by atoms with Crippen LogP contribution in [-0.4, -0.2) is 25.0 Å². The molecule has 2 fully saturated rings. The van der Waals surface area contributed by atoms with Gasteiger partial charge in [-0.05, 0) is 54.8 Å². The molecule has 1 aromatic heterocycles. The molecule has 1 aliphatic heterocycles. The fourth-order valence-electron chi connectivity index (χ4n) is 3.16. The summed E-state index contributed by atoms with van der Waals surface area (Å²) >= 11 is 0. The van der Waals surface area contributed by atoms with Gasteiger partial charge in [0.2, 0.25) is 5.91 Å². The molecular weight excluding hydrogens is 330 g/mol. The lowest BCUT2D eigenvalue weighted by Gasteiger charge is -2.14. The summed E-state index contributed by atoms with van der Waals surface area (Å²) in [6, 6.07) is 11.0. The van der Waals surface area contributed by atoms with E-state index in [1.165, 1.54) is 12.5 Å². The van der Waals surface area contributed by atoms with E-state index in [4.69, 9.17) is 4.42 Å². The van der Waals surface area contributed by atoms with Gasteiger partial charge in [0.15, 0.2) is 0 Å². The van der Waals surface area contributed by atoms with Gasteiger partial charge in [-0.3, -0.25) is 9.69 Å². The van der Waals surface area contributed by atoms with Gasteiger partial charge >= 0.3 is 6.03 Å². The Bertz CT molecular complexity index is 853. The lowest BCUT2D eigenvalue weighted by molar-refractivity contribution is -0.111. The first-order chi connectivity index (χ1) is 12.6. The van der Waals surface area contributed by atoms with E-state index >= 15 is 0 Å². The maximum absolute atomic E-state index is 12.1. The van der Waals surface area contributed by atoms with Crippen LogP contribution in [-0.2, 0) is 4.79 Å². The minimum Gasteiger partial charge on any atom is -0.461 e. The summed E-state index contributed by atoms with van der Waals surface area (Å²) in [5.74, 6) is 2.68. The number of rotatable bonds is 5. The molecule has 4 rings (SSSR count). The van der Waals surface area contributed by atoms with E-state index in [0.29, 0.717) is 36.4 Å². The molecule has 6 heteroatoms. The molecule has 2 aromatic rings. The highest BCUT2D eigenvalue weighted by molar-refractivity contribution is 6.02. The van der Waals surface area contributed by atoms with Crippen molar-refractivity contribution in [3.63, 3.8) is 0 Å². The Morgan fingerprint density at radius 2 is 2.04 bits per heavy atom.